The summed E-state index contributed by atoms with van der Waals surface area (Å²) in [6.07, 6.45) is 0. The largest absolute Gasteiger partial charge is 0.466 e. The standard InChI is InChI=1S/C14H12ClN5O4/c1-6-11(13(21)22-2)12(20-14(16-6)17-18-19-20)7-3-9-10(4-8(7)15)24-5-23-9/h3-4,12H,5H2,1-2H3,(H,16,17,19)/t12-/m1/s1. The average molecular weight is 350 g/mol. The highest BCUT2D eigenvalue weighted by Crippen LogP contribution is 2.43. The number of halogens is 1. The number of allylic oxidation sites excluding steroid dienone is 1. The average Bonchev–Trinajstić information content (AvgIpc) is 3.20. The Kier molecular flexibility index (Phi) is 3.31. The zero-order chi connectivity index (χ0) is 16.8. The van der Waals surface area contributed by atoms with Crippen molar-refractivity contribution in [1.82, 2.24) is 20.2 Å². The zero-order valence-corrected chi connectivity index (χ0v) is 13.5. The molecule has 0 saturated heterocycles. The molecular weight excluding hydrogens is 338 g/mol. The Hall–Kier alpha value is -2.81. The van der Waals surface area contributed by atoms with Crippen LogP contribution in [-0.4, -0.2) is 40.1 Å². The maximum atomic E-state index is 12.3. The van der Waals surface area contributed by atoms with Gasteiger partial charge in [0, 0.05) is 17.3 Å². The molecule has 124 valence electrons. The molecule has 0 spiro atoms. The highest BCUT2D eigenvalue weighted by atomic mass is 35.5. The van der Waals surface area contributed by atoms with Crippen LogP contribution in [0.25, 0.3) is 0 Å². The van der Waals surface area contributed by atoms with Gasteiger partial charge in [0.25, 0.3) is 0 Å². The number of esters is 1. The fourth-order valence-corrected chi connectivity index (χ4v) is 3.07. The summed E-state index contributed by atoms with van der Waals surface area (Å²) in [6, 6.07) is 2.73. The summed E-state index contributed by atoms with van der Waals surface area (Å²) in [7, 11) is 1.32. The number of nitrogens with one attached hydrogen (secondary N) is 1. The number of hydrogen-bond acceptors (Lipinski definition) is 8. The molecule has 0 bridgehead atoms. The van der Waals surface area contributed by atoms with Crippen LogP contribution in [-0.2, 0) is 9.53 Å². The molecular formula is C14H12ClN5O4. The number of carbonyl (C=O) groups excluding carboxylic acids is 1. The fraction of sp³-hybridized carbons (Fsp3) is 0.286. The molecule has 10 heteroatoms. The number of ether oxygens (including phenoxy) is 3. The van der Waals surface area contributed by atoms with Crippen LogP contribution in [0.15, 0.2) is 23.4 Å². The summed E-state index contributed by atoms with van der Waals surface area (Å²) in [5.41, 5.74) is 1.55. The van der Waals surface area contributed by atoms with E-state index in [0.717, 1.165) is 0 Å². The van der Waals surface area contributed by atoms with Crippen molar-refractivity contribution in [3.8, 4) is 11.5 Å². The lowest BCUT2D eigenvalue weighted by Gasteiger charge is -2.27. The Labute approximate surface area is 141 Å². The van der Waals surface area contributed by atoms with Crippen molar-refractivity contribution in [2.24, 2.45) is 0 Å². The van der Waals surface area contributed by atoms with Crippen molar-refractivity contribution < 1.29 is 19.0 Å². The third kappa shape index (κ3) is 2.08. The number of rotatable bonds is 2. The van der Waals surface area contributed by atoms with Gasteiger partial charge in [0.15, 0.2) is 11.5 Å². The van der Waals surface area contributed by atoms with E-state index in [9.17, 15) is 4.79 Å². The maximum absolute atomic E-state index is 12.3. The van der Waals surface area contributed by atoms with Gasteiger partial charge in [0.05, 0.1) is 17.7 Å². The van der Waals surface area contributed by atoms with E-state index >= 15 is 0 Å². The number of hydrogen-bond donors (Lipinski definition) is 1. The number of aromatic nitrogens is 4. The summed E-state index contributed by atoms with van der Waals surface area (Å²) in [4.78, 5) is 12.3. The molecule has 2 aliphatic rings. The minimum atomic E-state index is -0.648. The molecule has 1 aromatic heterocycles. The van der Waals surface area contributed by atoms with E-state index in [4.69, 9.17) is 25.8 Å². The van der Waals surface area contributed by atoms with Crippen LogP contribution < -0.4 is 14.8 Å². The van der Waals surface area contributed by atoms with E-state index < -0.39 is 12.0 Å². The highest BCUT2D eigenvalue weighted by Gasteiger charge is 2.36. The van der Waals surface area contributed by atoms with Gasteiger partial charge < -0.3 is 19.5 Å². The highest BCUT2D eigenvalue weighted by molar-refractivity contribution is 6.31. The maximum Gasteiger partial charge on any atom is 0.338 e. The van der Waals surface area contributed by atoms with Crippen LogP contribution in [0.3, 0.4) is 0 Å². The molecule has 1 N–H and O–H groups in total. The Morgan fingerprint density at radius 2 is 2.17 bits per heavy atom. The Morgan fingerprint density at radius 1 is 1.42 bits per heavy atom. The SMILES string of the molecule is COC(=O)C1=C(C)Nc2nnnn2[C@@H]1c1cc2c(cc1Cl)OCO2. The van der Waals surface area contributed by atoms with Crippen molar-refractivity contribution in [1.29, 1.82) is 0 Å². The topological polar surface area (TPSA) is 100 Å². The number of tetrazole rings is 1. The second kappa shape index (κ2) is 5.38. The van der Waals surface area contributed by atoms with E-state index in [1.54, 1.807) is 19.1 Å². The first-order valence-electron chi connectivity index (χ1n) is 7.03. The normalized spacial score (nSPS) is 18.2. The molecule has 0 aliphatic carbocycles. The van der Waals surface area contributed by atoms with Gasteiger partial charge in [-0.3, -0.25) is 0 Å². The molecule has 1 atom stereocenters. The van der Waals surface area contributed by atoms with Crippen LogP contribution in [0.5, 0.6) is 11.5 Å². The van der Waals surface area contributed by atoms with Gasteiger partial charge in [-0.1, -0.05) is 16.7 Å². The van der Waals surface area contributed by atoms with E-state index in [1.165, 1.54) is 11.8 Å². The molecule has 0 saturated carbocycles. The van der Waals surface area contributed by atoms with Crippen molar-refractivity contribution >= 4 is 23.5 Å². The van der Waals surface area contributed by atoms with Crippen LogP contribution >= 0.6 is 11.6 Å². The molecule has 24 heavy (non-hydrogen) atoms. The summed E-state index contributed by atoms with van der Waals surface area (Å²) in [5.74, 6) is 0.998. The predicted octanol–water partition coefficient (Wildman–Crippen LogP) is 1.52. The molecule has 4 rings (SSSR count). The number of nitrogens with zero attached hydrogens (tertiary/aromatic N) is 4. The Morgan fingerprint density at radius 3 is 2.92 bits per heavy atom. The zero-order valence-electron chi connectivity index (χ0n) is 12.7. The second-order valence-electron chi connectivity index (χ2n) is 5.23. The first-order valence-corrected chi connectivity index (χ1v) is 7.41. The quantitative estimate of drug-likeness (QED) is 0.814. The number of benzene rings is 1. The summed E-state index contributed by atoms with van der Waals surface area (Å²) >= 11 is 6.42. The van der Waals surface area contributed by atoms with E-state index in [-0.39, 0.29) is 6.79 Å². The molecule has 0 unspecified atom stereocenters. The van der Waals surface area contributed by atoms with Crippen LogP contribution in [0.1, 0.15) is 18.5 Å². The lowest BCUT2D eigenvalue weighted by Crippen LogP contribution is -2.29. The van der Waals surface area contributed by atoms with Crippen LogP contribution in [0, 0.1) is 0 Å². The van der Waals surface area contributed by atoms with Gasteiger partial charge in [-0.25, -0.2) is 4.79 Å². The third-order valence-electron chi connectivity index (χ3n) is 3.91. The lowest BCUT2D eigenvalue weighted by atomic mass is 9.95. The summed E-state index contributed by atoms with van der Waals surface area (Å²) in [6.45, 7) is 1.87. The van der Waals surface area contributed by atoms with Crippen molar-refractivity contribution in [2.45, 2.75) is 13.0 Å². The van der Waals surface area contributed by atoms with Crippen molar-refractivity contribution in [3.05, 3.63) is 34.0 Å². The Bertz CT molecular complexity index is 878. The number of methoxy groups -OCH3 is 1. The predicted molar refractivity (Wildman–Crippen MR) is 81.9 cm³/mol. The van der Waals surface area contributed by atoms with Crippen LogP contribution in [0.4, 0.5) is 5.95 Å². The third-order valence-corrected chi connectivity index (χ3v) is 4.23. The van der Waals surface area contributed by atoms with Crippen molar-refractivity contribution in [2.75, 3.05) is 19.2 Å². The first-order chi connectivity index (χ1) is 11.6. The molecule has 0 amide bonds. The van der Waals surface area contributed by atoms with Gasteiger partial charge in [-0.15, -0.1) is 0 Å². The number of anilines is 1. The Balaban J connectivity index is 1.93. The van der Waals surface area contributed by atoms with E-state index in [0.29, 0.717) is 39.3 Å². The monoisotopic (exact) mass is 349 g/mol. The van der Waals surface area contributed by atoms with E-state index in [2.05, 4.69) is 20.8 Å². The molecule has 2 aliphatic heterocycles. The smallest absolute Gasteiger partial charge is 0.338 e. The minimum Gasteiger partial charge on any atom is -0.466 e. The van der Waals surface area contributed by atoms with Gasteiger partial charge >= 0.3 is 5.97 Å². The second-order valence-corrected chi connectivity index (χ2v) is 5.64. The molecule has 1 aromatic carbocycles. The molecule has 3 heterocycles. The van der Waals surface area contributed by atoms with Crippen LogP contribution in [0.2, 0.25) is 5.02 Å². The van der Waals surface area contributed by atoms with E-state index in [1.807, 2.05) is 0 Å². The van der Waals surface area contributed by atoms with Crippen molar-refractivity contribution in [3.63, 3.8) is 0 Å². The molecule has 2 aromatic rings. The minimum absolute atomic E-state index is 0.121. The number of carbonyl (C=O) groups is 1. The molecule has 0 radical (unpaired) electrons. The summed E-state index contributed by atoms with van der Waals surface area (Å²) < 4.78 is 17.1. The first kappa shape index (κ1) is 14.8. The molecule has 0 fully saturated rings. The van der Waals surface area contributed by atoms with Gasteiger partial charge in [-0.2, -0.15) is 4.68 Å². The van der Waals surface area contributed by atoms with Gasteiger partial charge in [-0.05, 0) is 23.4 Å². The van der Waals surface area contributed by atoms with Gasteiger partial charge in [0.1, 0.15) is 6.04 Å². The fourth-order valence-electron chi connectivity index (χ4n) is 2.82. The summed E-state index contributed by atoms with van der Waals surface area (Å²) in [5, 5.41) is 14.9. The lowest BCUT2D eigenvalue weighted by molar-refractivity contribution is -0.136. The number of fused-ring (bicyclic) bond motifs is 2. The molecule has 9 nitrogen and oxygen atoms in total. The van der Waals surface area contributed by atoms with Gasteiger partial charge in [0.2, 0.25) is 12.7 Å².